The van der Waals surface area contributed by atoms with E-state index in [1.165, 1.54) is 11.3 Å². The Kier molecular flexibility index (Phi) is 4.20. The molecule has 0 saturated heterocycles. The lowest BCUT2D eigenvalue weighted by atomic mass is 10.1. The number of hydrogen-bond donors (Lipinski definition) is 0. The molecule has 0 amide bonds. The second-order valence-electron chi connectivity index (χ2n) is 6.66. The highest BCUT2D eigenvalue weighted by Crippen LogP contribution is 2.25. The Morgan fingerprint density at radius 1 is 1.15 bits per heavy atom. The molecule has 3 aromatic heterocycles. The normalized spacial score (nSPS) is 11.7. The maximum Gasteiger partial charge on any atom is 0.266 e. The smallest absolute Gasteiger partial charge is 0.266 e. The van der Waals surface area contributed by atoms with Gasteiger partial charge in [0.2, 0.25) is 5.43 Å². The van der Waals surface area contributed by atoms with Crippen LogP contribution in [0, 0.1) is 5.92 Å². The summed E-state index contributed by atoms with van der Waals surface area (Å²) < 4.78 is 7.89. The van der Waals surface area contributed by atoms with Crippen LogP contribution in [0.1, 0.15) is 20.3 Å². The molecule has 0 unspecified atom stereocenters. The zero-order valence-electron chi connectivity index (χ0n) is 14.6. The Morgan fingerprint density at radius 3 is 2.69 bits per heavy atom. The minimum absolute atomic E-state index is 0.160. The Morgan fingerprint density at radius 2 is 1.96 bits per heavy atom. The molecule has 6 heteroatoms. The summed E-state index contributed by atoms with van der Waals surface area (Å²) in [6.07, 6.45) is 2.37. The van der Waals surface area contributed by atoms with Gasteiger partial charge in [-0.3, -0.25) is 14.2 Å². The molecular formula is C20H18N2O3S. The average Bonchev–Trinajstić information content (AvgIpc) is 3.15. The van der Waals surface area contributed by atoms with Crippen LogP contribution in [0.2, 0.25) is 0 Å². The van der Waals surface area contributed by atoms with Crippen molar-refractivity contribution >= 4 is 31.6 Å². The van der Waals surface area contributed by atoms with Crippen molar-refractivity contribution in [3.05, 3.63) is 63.2 Å². The minimum atomic E-state index is -0.297. The molecule has 26 heavy (non-hydrogen) atoms. The SMILES string of the molecule is CC(C)CCn1c(-c2ccco2)nc2sc3ccccc3c(=O)c2c1=O. The van der Waals surface area contributed by atoms with Gasteiger partial charge in [-0.05, 0) is 36.6 Å². The third-order valence-corrected chi connectivity index (χ3v) is 5.44. The largest absolute Gasteiger partial charge is 0.461 e. The number of rotatable bonds is 4. The fraction of sp³-hybridized carbons (Fsp3) is 0.250. The fourth-order valence-electron chi connectivity index (χ4n) is 2.97. The predicted octanol–water partition coefficient (Wildman–Crippen LogP) is 4.28. The van der Waals surface area contributed by atoms with Gasteiger partial charge in [-0.25, -0.2) is 4.98 Å². The van der Waals surface area contributed by atoms with Crippen LogP contribution in [0.3, 0.4) is 0 Å². The second-order valence-corrected chi connectivity index (χ2v) is 7.69. The van der Waals surface area contributed by atoms with E-state index in [1.807, 2.05) is 18.2 Å². The molecule has 1 aromatic carbocycles. The first kappa shape index (κ1) is 16.7. The van der Waals surface area contributed by atoms with Crippen molar-refractivity contribution in [1.82, 2.24) is 9.55 Å². The molecule has 0 aliphatic heterocycles. The van der Waals surface area contributed by atoms with Crippen LogP contribution in [-0.2, 0) is 6.54 Å². The number of nitrogens with zero attached hydrogens (tertiary/aromatic N) is 2. The summed E-state index contributed by atoms with van der Waals surface area (Å²) in [5.74, 6) is 1.42. The van der Waals surface area contributed by atoms with E-state index in [-0.39, 0.29) is 16.4 Å². The lowest BCUT2D eigenvalue weighted by molar-refractivity contribution is 0.500. The zero-order chi connectivity index (χ0) is 18.3. The highest BCUT2D eigenvalue weighted by molar-refractivity contribution is 7.24. The van der Waals surface area contributed by atoms with Crippen molar-refractivity contribution in [3.63, 3.8) is 0 Å². The van der Waals surface area contributed by atoms with Crippen LogP contribution in [0.25, 0.3) is 31.9 Å². The molecule has 4 rings (SSSR count). The van der Waals surface area contributed by atoms with Gasteiger partial charge in [-0.1, -0.05) is 26.0 Å². The Hall–Kier alpha value is -2.73. The summed E-state index contributed by atoms with van der Waals surface area (Å²) in [4.78, 5) is 31.2. The lowest BCUT2D eigenvalue weighted by Crippen LogP contribution is -2.27. The third-order valence-electron chi connectivity index (χ3n) is 4.37. The van der Waals surface area contributed by atoms with Gasteiger partial charge in [-0.2, -0.15) is 0 Å². The summed E-state index contributed by atoms with van der Waals surface area (Å²) >= 11 is 1.36. The summed E-state index contributed by atoms with van der Waals surface area (Å²) in [6, 6.07) is 10.9. The molecule has 4 aromatic rings. The van der Waals surface area contributed by atoms with E-state index >= 15 is 0 Å². The van der Waals surface area contributed by atoms with Crippen LogP contribution in [0.4, 0.5) is 0 Å². The highest BCUT2D eigenvalue weighted by Gasteiger charge is 2.18. The maximum atomic E-state index is 13.2. The molecule has 0 aliphatic rings. The van der Waals surface area contributed by atoms with Crippen molar-refractivity contribution in [3.8, 4) is 11.6 Å². The number of benzene rings is 1. The molecule has 132 valence electrons. The third kappa shape index (κ3) is 2.76. The summed E-state index contributed by atoms with van der Waals surface area (Å²) in [5.41, 5.74) is -0.551. The van der Waals surface area contributed by atoms with Crippen LogP contribution in [-0.4, -0.2) is 9.55 Å². The van der Waals surface area contributed by atoms with E-state index in [9.17, 15) is 9.59 Å². The van der Waals surface area contributed by atoms with E-state index in [4.69, 9.17) is 4.42 Å². The molecule has 3 heterocycles. The van der Waals surface area contributed by atoms with Crippen molar-refractivity contribution < 1.29 is 4.42 Å². The van der Waals surface area contributed by atoms with Gasteiger partial charge in [0.05, 0.1) is 6.26 Å². The topological polar surface area (TPSA) is 65.1 Å². The molecule has 0 N–H and O–H groups in total. The molecule has 0 aliphatic carbocycles. The maximum absolute atomic E-state index is 13.2. The molecular weight excluding hydrogens is 348 g/mol. The summed E-state index contributed by atoms with van der Waals surface area (Å²) in [5, 5.41) is 0.720. The first-order chi connectivity index (χ1) is 12.6. The van der Waals surface area contributed by atoms with Gasteiger partial charge in [0.15, 0.2) is 11.6 Å². The highest BCUT2D eigenvalue weighted by atomic mass is 32.1. The van der Waals surface area contributed by atoms with Gasteiger partial charge < -0.3 is 4.42 Å². The number of hydrogen-bond acceptors (Lipinski definition) is 5. The van der Waals surface area contributed by atoms with E-state index < -0.39 is 0 Å². The van der Waals surface area contributed by atoms with Crippen LogP contribution >= 0.6 is 11.3 Å². The average molecular weight is 366 g/mol. The Labute approximate surface area is 153 Å². The summed E-state index contributed by atoms with van der Waals surface area (Å²) in [7, 11) is 0. The number of aromatic nitrogens is 2. The number of furan rings is 1. The Balaban J connectivity index is 2.09. The van der Waals surface area contributed by atoms with Crippen LogP contribution < -0.4 is 11.0 Å². The van der Waals surface area contributed by atoms with Crippen LogP contribution in [0.15, 0.2) is 56.7 Å². The molecule has 0 fully saturated rings. The van der Waals surface area contributed by atoms with Gasteiger partial charge in [-0.15, -0.1) is 11.3 Å². The van der Waals surface area contributed by atoms with Crippen molar-refractivity contribution in [2.24, 2.45) is 5.92 Å². The van der Waals surface area contributed by atoms with Crippen molar-refractivity contribution in [2.75, 3.05) is 0 Å². The molecule has 0 radical (unpaired) electrons. The summed E-state index contributed by atoms with van der Waals surface area (Å²) in [6.45, 7) is 4.69. The monoisotopic (exact) mass is 366 g/mol. The van der Waals surface area contributed by atoms with E-state index in [0.717, 1.165) is 11.1 Å². The van der Waals surface area contributed by atoms with Crippen molar-refractivity contribution in [1.29, 1.82) is 0 Å². The van der Waals surface area contributed by atoms with Gasteiger partial charge >= 0.3 is 0 Å². The van der Waals surface area contributed by atoms with Gasteiger partial charge in [0, 0.05) is 16.6 Å². The fourth-order valence-corrected chi connectivity index (χ4v) is 4.01. The molecule has 0 saturated carbocycles. The first-order valence-electron chi connectivity index (χ1n) is 8.56. The minimum Gasteiger partial charge on any atom is -0.461 e. The van der Waals surface area contributed by atoms with Crippen LogP contribution in [0.5, 0.6) is 0 Å². The first-order valence-corrected chi connectivity index (χ1v) is 9.38. The van der Waals surface area contributed by atoms with Gasteiger partial charge in [0.1, 0.15) is 10.2 Å². The molecule has 0 atom stereocenters. The molecule has 0 bridgehead atoms. The quantitative estimate of drug-likeness (QED) is 0.506. The van der Waals surface area contributed by atoms with E-state index in [2.05, 4.69) is 18.8 Å². The Bertz CT molecular complexity index is 1200. The number of fused-ring (bicyclic) bond motifs is 2. The standard InChI is InChI=1S/C20H18N2O3S/c1-12(2)9-10-22-18(14-7-5-11-25-14)21-19-16(20(22)24)17(23)13-6-3-4-8-15(13)26-19/h3-8,11-12H,9-10H2,1-2H3. The van der Waals surface area contributed by atoms with E-state index in [1.54, 1.807) is 29.0 Å². The zero-order valence-corrected chi connectivity index (χ0v) is 15.4. The lowest BCUT2D eigenvalue weighted by Gasteiger charge is -2.13. The van der Waals surface area contributed by atoms with Gasteiger partial charge in [0.25, 0.3) is 5.56 Å². The second kappa shape index (κ2) is 6.53. The van der Waals surface area contributed by atoms with E-state index in [0.29, 0.717) is 34.3 Å². The molecule has 5 nitrogen and oxygen atoms in total. The predicted molar refractivity (Wildman–Crippen MR) is 105 cm³/mol. The van der Waals surface area contributed by atoms with Crippen molar-refractivity contribution in [2.45, 2.75) is 26.8 Å². The molecule has 0 spiro atoms.